The van der Waals surface area contributed by atoms with E-state index in [1.54, 1.807) is 0 Å². The van der Waals surface area contributed by atoms with Gasteiger partial charge in [0.15, 0.2) is 11.5 Å². The fourth-order valence-corrected chi connectivity index (χ4v) is 3.45. The molecule has 0 atom stereocenters. The zero-order valence-corrected chi connectivity index (χ0v) is 12.2. The molecule has 0 spiro atoms. The third kappa shape index (κ3) is 1.66. The summed E-state index contributed by atoms with van der Waals surface area (Å²) in [7, 11) is 0. The second-order valence-corrected chi connectivity index (χ2v) is 6.07. The summed E-state index contributed by atoms with van der Waals surface area (Å²) in [6.07, 6.45) is 3.55. The maximum absolute atomic E-state index is 6.04. The number of hydrogen-bond acceptors (Lipinski definition) is 3. The fourth-order valence-electron chi connectivity index (χ4n) is 3.05. The van der Waals surface area contributed by atoms with Crippen LogP contribution in [0.3, 0.4) is 0 Å². The molecule has 1 aliphatic heterocycles. The predicted molar refractivity (Wildman–Crippen MR) is 74.5 cm³/mol. The highest BCUT2D eigenvalue weighted by molar-refractivity contribution is 9.10. The molecule has 1 aliphatic carbocycles. The molecule has 2 N–H and O–H groups in total. The van der Waals surface area contributed by atoms with Gasteiger partial charge in [-0.25, -0.2) is 0 Å². The zero-order valence-electron chi connectivity index (χ0n) is 10.6. The Balaban J connectivity index is 2.20. The van der Waals surface area contributed by atoms with E-state index in [9.17, 15) is 0 Å². The Hall–Kier alpha value is -0.740. The van der Waals surface area contributed by atoms with Gasteiger partial charge in [-0.3, -0.25) is 0 Å². The first kappa shape index (κ1) is 12.3. The predicted octanol–water partition coefficient (Wildman–Crippen LogP) is 2.91. The third-order valence-electron chi connectivity index (χ3n) is 4.26. The van der Waals surface area contributed by atoms with Crippen LogP contribution in [-0.2, 0) is 5.41 Å². The van der Waals surface area contributed by atoms with Crippen molar-refractivity contribution in [3.05, 3.63) is 21.7 Å². The second-order valence-electron chi connectivity index (χ2n) is 5.22. The maximum Gasteiger partial charge on any atom is 0.165 e. The highest BCUT2D eigenvalue weighted by atomic mass is 79.9. The van der Waals surface area contributed by atoms with E-state index in [0.717, 1.165) is 28.8 Å². The van der Waals surface area contributed by atoms with Crippen molar-refractivity contribution in [3.63, 3.8) is 0 Å². The smallest absolute Gasteiger partial charge is 0.165 e. The maximum atomic E-state index is 6.04. The first-order valence-corrected chi connectivity index (χ1v) is 7.26. The minimum atomic E-state index is 0.0959. The molecule has 3 nitrogen and oxygen atoms in total. The Morgan fingerprint density at radius 3 is 2.67 bits per heavy atom. The van der Waals surface area contributed by atoms with Crippen LogP contribution in [0.4, 0.5) is 0 Å². The number of fused-ring (bicyclic) bond motifs is 1. The molecular formula is C14H18BrNO2. The van der Waals surface area contributed by atoms with Crippen LogP contribution in [0.2, 0.25) is 0 Å². The van der Waals surface area contributed by atoms with Crippen LogP contribution in [0.15, 0.2) is 10.5 Å². The molecule has 18 heavy (non-hydrogen) atoms. The molecule has 1 fully saturated rings. The molecule has 4 heteroatoms. The Kier molecular flexibility index (Phi) is 3.02. The molecule has 0 amide bonds. The molecule has 1 aromatic carbocycles. The van der Waals surface area contributed by atoms with Gasteiger partial charge in [-0.1, -0.05) is 22.4 Å². The number of rotatable bonds is 2. The van der Waals surface area contributed by atoms with Crippen molar-refractivity contribution in [1.29, 1.82) is 0 Å². The van der Waals surface area contributed by atoms with Crippen molar-refractivity contribution in [2.75, 3.05) is 19.8 Å². The SMILES string of the molecule is Cc1c(Br)cc2c(c1C1(CN)CCC1)OCCO2. The molecule has 1 saturated carbocycles. The summed E-state index contributed by atoms with van der Waals surface area (Å²) in [5.41, 5.74) is 8.64. The van der Waals surface area contributed by atoms with Gasteiger partial charge in [0, 0.05) is 22.0 Å². The first-order chi connectivity index (χ1) is 8.68. The number of halogens is 1. The summed E-state index contributed by atoms with van der Waals surface area (Å²) in [5, 5.41) is 0. The van der Waals surface area contributed by atoms with E-state index in [4.69, 9.17) is 15.2 Å². The Labute approximate surface area is 116 Å². The third-order valence-corrected chi connectivity index (χ3v) is 5.08. The molecule has 98 valence electrons. The van der Waals surface area contributed by atoms with Gasteiger partial charge < -0.3 is 15.2 Å². The van der Waals surface area contributed by atoms with Crippen LogP contribution in [0.25, 0.3) is 0 Å². The van der Waals surface area contributed by atoms with Crippen LogP contribution in [-0.4, -0.2) is 19.8 Å². The Morgan fingerprint density at radius 2 is 2.06 bits per heavy atom. The topological polar surface area (TPSA) is 44.5 Å². The minimum absolute atomic E-state index is 0.0959. The van der Waals surface area contributed by atoms with Crippen molar-refractivity contribution < 1.29 is 9.47 Å². The number of nitrogens with two attached hydrogens (primary N) is 1. The molecule has 0 radical (unpaired) electrons. The Bertz CT molecular complexity index is 478. The van der Waals surface area contributed by atoms with Crippen LogP contribution in [0, 0.1) is 6.92 Å². The number of ether oxygens (including phenoxy) is 2. The monoisotopic (exact) mass is 311 g/mol. The summed E-state index contributed by atoms with van der Waals surface area (Å²) < 4.78 is 12.7. The largest absolute Gasteiger partial charge is 0.486 e. The minimum Gasteiger partial charge on any atom is -0.486 e. The summed E-state index contributed by atoms with van der Waals surface area (Å²) in [6.45, 7) is 4.06. The lowest BCUT2D eigenvalue weighted by Crippen LogP contribution is -2.43. The lowest BCUT2D eigenvalue weighted by Gasteiger charge is -2.44. The zero-order chi connectivity index (χ0) is 12.8. The average molecular weight is 312 g/mol. The summed E-state index contributed by atoms with van der Waals surface area (Å²) in [4.78, 5) is 0. The molecule has 1 aromatic rings. The summed E-state index contributed by atoms with van der Waals surface area (Å²) in [6, 6.07) is 2.01. The molecule has 0 unspecified atom stereocenters. The highest BCUT2D eigenvalue weighted by Crippen LogP contribution is 2.52. The summed E-state index contributed by atoms with van der Waals surface area (Å²) >= 11 is 3.62. The lowest BCUT2D eigenvalue weighted by molar-refractivity contribution is 0.159. The first-order valence-electron chi connectivity index (χ1n) is 6.47. The van der Waals surface area contributed by atoms with E-state index < -0.39 is 0 Å². The van der Waals surface area contributed by atoms with Crippen molar-refractivity contribution >= 4 is 15.9 Å². The van der Waals surface area contributed by atoms with E-state index in [1.807, 2.05) is 6.07 Å². The van der Waals surface area contributed by atoms with Crippen molar-refractivity contribution in [3.8, 4) is 11.5 Å². The van der Waals surface area contributed by atoms with Gasteiger partial charge in [-0.15, -0.1) is 0 Å². The number of benzene rings is 1. The van der Waals surface area contributed by atoms with E-state index in [2.05, 4.69) is 22.9 Å². The van der Waals surface area contributed by atoms with Gasteiger partial charge in [0.05, 0.1) is 0 Å². The quantitative estimate of drug-likeness (QED) is 0.913. The van der Waals surface area contributed by atoms with Gasteiger partial charge >= 0.3 is 0 Å². The molecular weight excluding hydrogens is 294 g/mol. The molecule has 0 bridgehead atoms. The van der Waals surface area contributed by atoms with E-state index in [-0.39, 0.29) is 5.41 Å². The Morgan fingerprint density at radius 1 is 1.33 bits per heavy atom. The van der Waals surface area contributed by atoms with Gasteiger partial charge in [0.25, 0.3) is 0 Å². The lowest BCUT2D eigenvalue weighted by atomic mass is 9.63. The van der Waals surface area contributed by atoms with Crippen LogP contribution in [0.1, 0.15) is 30.4 Å². The molecule has 3 rings (SSSR count). The molecule has 2 aliphatic rings. The van der Waals surface area contributed by atoms with Crippen molar-refractivity contribution in [2.24, 2.45) is 5.73 Å². The highest BCUT2D eigenvalue weighted by Gasteiger charge is 2.42. The van der Waals surface area contributed by atoms with Gasteiger partial charge in [0.2, 0.25) is 0 Å². The van der Waals surface area contributed by atoms with E-state index in [1.165, 1.54) is 17.5 Å². The van der Waals surface area contributed by atoms with Gasteiger partial charge in [0.1, 0.15) is 13.2 Å². The molecule has 0 aromatic heterocycles. The standard InChI is InChI=1S/C14H18BrNO2/c1-9-10(15)7-11-13(18-6-5-17-11)12(9)14(8-16)3-2-4-14/h7H,2-6,8,16H2,1H3. The van der Waals surface area contributed by atoms with Crippen LogP contribution >= 0.6 is 15.9 Å². The normalized spacial score (nSPS) is 20.4. The number of hydrogen-bond donors (Lipinski definition) is 1. The molecule has 0 saturated heterocycles. The van der Waals surface area contributed by atoms with Crippen molar-refractivity contribution in [1.82, 2.24) is 0 Å². The van der Waals surface area contributed by atoms with Crippen LogP contribution in [0.5, 0.6) is 11.5 Å². The van der Waals surface area contributed by atoms with E-state index >= 15 is 0 Å². The molecule has 1 heterocycles. The van der Waals surface area contributed by atoms with Crippen LogP contribution < -0.4 is 15.2 Å². The average Bonchev–Trinajstić information content (AvgIpc) is 2.33. The van der Waals surface area contributed by atoms with Gasteiger partial charge in [-0.2, -0.15) is 0 Å². The van der Waals surface area contributed by atoms with Gasteiger partial charge in [-0.05, 0) is 31.4 Å². The van der Waals surface area contributed by atoms with Crippen molar-refractivity contribution in [2.45, 2.75) is 31.6 Å². The fraction of sp³-hybridized carbons (Fsp3) is 0.571. The summed E-state index contributed by atoms with van der Waals surface area (Å²) in [5.74, 6) is 1.78. The van der Waals surface area contributed by atoms with E-state index in [0.29, 0.717) is 19.8 Å². The second kappa shape index (κ2) is 4.42.